The van der Waals surface area contributed by atoms with Crippen molar-refractivity contribution in [1.29, 1.82) is 0 Å². The molecule has 0 bridgehead atoms. The normalized spacial score (nSPS) is 10.1. The highest BCUT2D eigenvalue weighted by atomic mass is 16.6. The standard InChI is InChI=1S/C19H22O5/c1-4-14-6-5-7-16(12-14)23-10-11-24-19(20)17-9-8-15(21-2)13-18(17)22-3/h5-9,12-13H,4,10-11H2,1-3H3. The van der Waals surface area contributed by atoms with Crippen LogP contribution in [0.5, 0.6) is 17.2 Å². The molecule has 0 heterocycles. The van der Waals surface area contributed by atoms with Gasteiger partial charge in [0.25, 0.3) is 0 Å². The molecule has 0 aliphatic carbocycles. The molecule has 128 valence electrons. The Morgan fingerprint density at radius 1 is 0.958 bits per heavy atom. The Hall–Kier alpha value is -2.69. The lowest BCUT2D eigenvalue weighted by atomic mass is 10.2. The molecule has 0 saturated carbocycles. The minimum absolute atomic E-state index is 0.157. The summed E-state index contributed by atoms with van der Waals surface area (Å²) in [4.78, 5) is 12.1. The quantitative estimate of drug-likeness (QED) is 0.548. The van der Waals surface area contributed by atoms with Crippen LogP contribution in [0.25, 0.3) is 0 Å². The summed E-state index contributed by atoms with van der Waals surface area (Å²) in [7, 11) is 3.05. The molecule has 2 aromatic rings. The molecule has 0 fully saturated rings. The van der Waals surface area contributed by atoms with Crippen LogP contribution in [0.15, 0.2) is 42.5 Å². The molecule has 0 unspecified atom stereocenters. The predicted molar refractivity (Wildman–Crippen MR) is 91.1 cm³/mol. The summed E-state index contributed by atoms with van der Waals surface area (Å²) in [5, 5.41) is 0. The van der Waals surface area contributed by atoms with Gasteiger partial charge in [-0.15, -0.1) is 0 Å². The van der Waals surface area contributed by atoms with E-state index in [0.717, 1.165) is 12.2 Å². The van der Waals surface area contributed by atoms with Crippen LogP contribution in [-0.4, -0.2) is 33.4 Å². The molecule has 0 amide bonds. The fourth-order valence-electron chi connectivity index (χ4n) is 2.19. The molecule has 0 radical (unpaired) electrons. The zero-order chi connectivity index (χ0) is 17.4. The first-order valence-electron chi connectivity index (χ1n) is 7.78. The molecule has 0 N–H and O–H groups in total. The molecule has 0 aliphatic rings. The Balaban J connectivity index is 1.87. The van der Waals surface area contributed by atoms with Crippen LogP contribution >= 0.6 is 0 Å². The van der Waals surface area contributed by atoms with Gasteiger partial charge in [0.1, 0.15) is 36.0 Å². The topological polar surface area (TPSA) is 54.0 Å². The van der Waals surface area contributed by atoms with E-state index in [4.69, 9.17) is 18.9 Å². The first-order valence-corrected chi connectivity index (χ1v) is 7.78. The Morgan fingerprint density at radius 3 is 2.50 bits per heavy atom. The lowest BCUT2D eigenvalue weighted by molar-refractivity contribution is 0.0447. The van der Waals surface area contributed by atoms with E-state index in [9.17, 15) is 4.79 Å². The van der Waals surface area contributed by atoms with Gasteiger partial charge in [-0.2, -0.15) is 0 Å². The average Bonchev–Trinajstić information content (AvgIpc) is 2.64. The van der Waals surface area contributed by atoms with Gasteiger partial charge < -0.3 is 18.9 Å². The lowest BCUT2D eigenvalue weighted by Gasteiger charge is -2.11. The Morgan fingerprint density at radius 2 is 1.79 bits per heavy atom. The second-order valence-electron chi connectivity index (χ2n) is 5.05. The van der Waals surface area contributed by atoms with E-state index in [0.29, 0.717) is 17.1 Å². The number of carbonyl (C=O) groups excluding carboxylic acids is 1. The van der Waals surface area contributed by atoms with E-state index < -0.39 is 5.97 Å². The summed E-state index contributed by atoms with van der Waals surface area (Å²) in [6.07, 6.45) is 0.948. The fraction of sp³-hybridized carbons (Fsp3) is 0.316. The molecular formula is C19H22O5. The van der Waals surface area contributed by atoms with Gasteiger partial charge in [0, 0.05) is 6.07 Å². The summed E-state index contributed by atoms with van der Waals surface area (Å²) >= 11 is 0. The number of carbonyl (C=O) groups is 1. The maximum Gasteiger partial charge on any atom is 0.342 e. The highest BCUT2D eigenvalue weighted by Gasteiger charge is 2.14. The number of hydrogen-bond acceptors (Lipinski definition) is 5. The van der Waals surface area contributed by atoms with Crippen molar-refractivity contribution in [3.8, 4) is 17.2 Å². The molecule has 2 aromatic carbocycles. The van der Waals surface area contributed by atoms with Gasteiger partial charge in [-0.05, 0) is 36.2 Å². The third-order valence-electron chi connectivity index (χ3n) is 3.52. The van der Waals surface area contributed by atoms with Crippen molar-refractivity contribution in [2.75, 3.05) is 27.4 Å². The maximum atomic E-state index is 12.1. The molecule has 0 aliphatic heterocycles. The summed E-state index contributed by atoms with van der Waals surface area (Å²) in [6.45, 7) is 2.53. The second kappa shape index (κ2) is 8.82. The molecule has 0 saturated heterocycles. The number of benzene rings is 2. The minimum atomic E-state index is -0.458. The van der Waals surface area contributed by atoms with E-state index >= 15 is 0 Å². The number of aryl methyl sites for hydroxylation is 1. The van der Waals surface area contributed by atoms with Crippen LogP contribution < -0.4 is 14.2 Å². The molecule has 24 heavy (non-hydrogen) atoms. The Bertz CT molecular complexity index is 681. The second-order valence-corrected chi connectivity index (χ2v) is 5.05. The van der Waals surface area contributed by atoms with Gasteiger partial charge in [-0.25, -0.2) is 4.79 Å². The fourth-order valence-corrected chi connectivity index (χ4v) is 2.19. The minimum Gasteiger partial charge on any atom is -0.497 e. The van der Waals surface area contributed by atoms with E-state index in [1.165, 1.54) is 12.7 Å². The summed E-state index contributed by atoms with van der Waals surface area (Å²) in [6, 6.07) is 12.8. The van der Waals surface area contributed by atoms with E-state index in [-0.39, 0.29) is 13.2 Å². The summed E-state index contributed by atoms with van der Waals surface area (Å²) in [5.74, 6) is 1.34. The first-order chi connectivity index (χ1) is 11.7. The third kappa shape index (κ3) is 4.65. The third-order valence-corrected chi connectivity index (χ3v) is 3.52. The van der Waals surface area contributed by atoms with Crippen molar-refractivity contribution >= 4 is 5.97 Å². The zero-order valence-electron chi connectivity index (χ0n) is 14.2. The molecule has 0 spiro atoms. The number of hydrogen-bond donors (Lipinski definition) is 0. The van der Waals surface area contributed by atoms with Crippen molar-refractivity contribution in [2.24, 2.45) is 0 Å². The smallest absolute Gasteiger partial charge is 0.342 e. The Kier molecular flexibility index (Phi) is 6.49. The van der Waals surface area contributed by atoms with E-state index in [2.05, 4.69) is 6.92 Å². The first kappa shape index (κ1) is 17.7. The largest absolute Gasteiger partial charge is 0.497 e. The Labute approximate surface area is 142 Å². The van der Waals surface area contributed by atoms with Crippen LogP contribution in [0.4, 0.5) is 0 Å². The molecule has 5 heteroatoms. The van der Waals surface area contributed by atoms with Crippen LogP contribution in [0.1, 0.15) is 22.8 Å². The van der Waals surface area contributed by atoms with Crippen molar-refractivity contribution in [1.82, 2.24) is 0 Å². The average molecular weight is 330 g/mol. The molecule has 0 atom stereocenters. The van der Waals surface area contributed by atoms with Crippen molar-refractivity contribution in [2.45, 2.75) is 13.3 Å². The molecule has 0 aromatic heterocycles. The monoisotopic (exact) mass is 330 g/mol. The van der Waals surface area contributed by atoms with Crippen LogP contribution in [0.3, 0.4) is 0 Å². The van der Waals surface area contributed by atoms with Gasteiger partial charge in [0.05, 0.1) is 14.2 Å². The molecular weight excluding hydrogens is 308 g/mol. The van der Waals surface area contributed by atoms with Crippen LogP contribution in [0, 0.1) is 0 Å². The number of esters is 1. The highest BCUT2D eigenvalue weighted by molar-refractivity contribution is 5.92. The molecule has 5 nitrogen and oxygen atoms in total. The number of ether oxygens (including phenoxy) is 4. The zero-order valence-corrected chi connectivity index (χ0v) is 14.2. The van der Waals surface area contributed by atoms with Gasteiger partial charge in [-0.3, -0.25) is 0 Å². The summed E-state index contributed by atoms with van der Waals surface area (Å²) in [5.41, 5.74) is 1.55. The van der Waals surface area contributed by atoms with Crippen LogP contribution in [-0.2, 0) is 11.2 Å². The predicted octanol–water partition coefficient (Wildman–Crippen LogP) is 3.50. The highest BCUT2D eigenvalue weighted by Crippen LogP contribution is 2.25. The van der Waals surface area contributed by atoms with E-state index in [1.54, 1.807) is 25.3 Å². The molecule has 2 rings (SSSR count). The SMILES string of the molecule is CCc1cccc(OCCOC(=O)c2ccc(OC)cc2OC)c1. The van der Waals surface area contributed by atoms with Gasteiger partial charge >= 0.3 is 5.97 Å². The van der Waals surface area contributed by atoms with Gasteiger partial charge in [-0.1, -0.05) is 19.1 Å². The van der Waals surface area contributed by atoms with Gasteiger partial charge in [0.15, 0.2) is 0 Å². The van der Waals surface area contributed by atoms with Crippen molar-refractivity contribution < 1.29 is 23.7 Å². The lowest BCUT2D eigenvalue weighted by Crippen LogP contribution is -2.13. The van der Waals surface area contributed by atoms with Gasteiger partial charge in [0.2, 0.25) is 0 Å². The summed E-state index contributed by atoms with van der Waals surface area (Å²) < 4.78 is 21.1. The number of rotatable bonds is 8. The van der Waals surface area contributed by atoms with Crippen molar-refractivity contribution in [3.63, 3.8) is 0 Å². The van der Waals surface area contributed by atoms with Crippen molar-refractivity contribution in [3.05, 3.63) is 53.6 Å². The van der Waals surface area contributed by atoms with E-state index in [1.807, 2.05) is 24.3 Å². The maximum absolute atomic E-state index is 12.1. The number of methoxy groups -OCH3 is 2. The van der Waals surface area contributed by atoms with Crippen LogP contribution in [0.2, 0.25) is 0 Å².